The molecule has 3 aromatic carbocycles. The Morgan fingerprint density at radius 3 is 1.88 bits per heavy atom. The fraction of sp³-hybridized carbons (Fsp3) is 0.333. The van der Waals surface area contributed by atoms with Crippen molar-refractivity contribution in [3.05, 3.63) is 107 Å². The fourth-order valence-electron chi connectivity index (χ4n) is 3.85. The molecule has 0 spiro atoms. The first-order valence-corrected chi connectivity index (χ1v) is 12.0. The number of carbonyl (C=O) groups excluding carboxylic acids is 2. The van der Waals surface area contributed by atoms with Crippen LogP contribution < -0.4 is 5.32 Å². The van der Waals surface area contributed by atoms with Crippen LogP contribution in [0, 0.1) is 19.8 Å². The Morgan fingerprint density at radius 1 is 0.765 bits per heavy atom. The van der Waals surface area contributed by atoms with Crippen molar-refractivity contribution in [3.8, 4) is 0 Å². The highest BCUT2D eigenvalue weighted by molar-refractivity contribution is 5.88. The lowest BCUT2D eigenvalue weighted by Gasteiger charge is -2.32. The Labute approximate surface area is 204 Å². The van der Waals surface area contributed by atoms with Gasteiger partial charge in [-0.3, -0.25) is 9.59 Å². The summed E-state index contributed by atoms with van der Waals surface area (Å²) in [4.78, 5) is 28.9. The summed E-state index contributed by atoms with van der Waals surface area (Å²) in [7, 11) is 0. The van der Waals surface area contributed by atoms with Gasteiger partial charge in [-0.05, 0) is 36.5 Å². The lowest BCUT2D eigenvalue weighted by atomic mass is 10.0. The summed E-state index contributed by atoms with van der Waals surface area (Å²) in [6, 6.07) is 25.5. The average molecular weight is 457 g/mol. The minimum absolute atomic E-state index is 0.0509. The number of rotatable bonds is 10. The van der Waals surface area contributed by atoms with Gasteiger partial charge in [0, 0.05) is 19.5 Å². The van der Waals surface area contributed by atoms with E-state index in [1.807, 2.05) is 92.7 Å². The number of hydrogen-bond donors (Lipinski definition) is 1. The summed E-state index contributed by atoms with van der Waals surface area (Å²) >= 11 is 0. The Bertz CT molecular complexity index is 1060. The van der Waals surface area contributed by atoms with E-state index in [0.717, 1.165) is 27.8 Å². The van der Waals surface area contributed by atoms with Gasteiger partial charge in [0.25, 0.3) is 0 Å². The monoisotopic (exact) mass is 456 g/mol. The van der Waals surface area contributed by atoms with E-state index in [2.05, 4.69) is 19.2 Å². The number of benzene rings is 3. The van der Waals surface area contributed by atoms with E-state index in [9.17, 15) is 9.59 Å². The maximum Gasteiger partial charge on any atom is 0.243 e. The van der Waals surface area contributed by atoms with Gasteiger partial charge in [0.15, 0.2) is 0 Å². The Kier molecular flexibility index (Phi) is 9.03. The molecule has 0 saturated heterocycles. The second-order valence-electron chi connectivity index (χ2n) is 9.51. The minimum Gasteiger partial charge on any atom is -0.354 e. The zero-order valence-corrected chi connectivity index (χ0v) is 20.8. The third kappa shape index (κ3) is 7.58. The van der Waals surface area contributed by atoms with E-state index >= 15 is 0 Å². The summed E-state index contributed by atoms with van der Waals surface area (Å²) in [5.74, 6) is 0.169. The van der Waals surface area contributed by atoms with Crippen LogP contribution in [0.25, 0.3) is 0 Å². The van der Waals surface area contributed by atoms with Crippen LogP contribution in [-0.4, -0.2) is 29.3 Å². The van der Waals surface area contributed by atoms with Gasteiger partial charge < -0.3 is 10.2 Å². The predicted octanol–water partition coefficient (Wildman–Crippen LogP) is 5.26. The van der Waals surface area contributed by atoms with Crippen molar-refractivity contribution in [1.82, 2.24) is 10.2 Å². The highest BCUT2D eigenvalue weighted by Gasteiger charge is 2.30. The molecule has 34 heavy (non-hydrogen) atoms. The fourth-order valence-corrected chi connectivity index (χ4v) is 3.85. The molecule has 0 aliphatic rings. The van der Waals surface area contributed by atoms with Gasteiger partial charge in [-0.1, -0.05) is 104 Å². The van der Waals surface area contributed by atoms with Crippen LogP contribution in [-0.2, 0) is 29.0 Å². The van der Waals surface area contributed by atoms with Gasteiger partial charge in [0.2, 0.25) is 11.8 Å². The van der Waals surface area contributed by atoms with Crippen molar-refractivity contribution in [2.45, 2.75) is 53.1 Å². The highest BCUT2D eigenvalue weighted by atomic mass is 16.2. The van der Waals surface area contributed by atoms with Crippen molar-refractivity contribution < 1.29 is 9.59 Å². The molecule has 0 heterocycles. The Hall–Kier alpha value is -3.40. The maximum absolute atomic E-state index is 13.7. The second kappa shape index (κ2) is 12.2. The predicted molar refractivity (Wildman–Crippen MR) is 138 cm³/mol. The molecule has 0 aromatic heterocycles. The number of aryl methyl sites for hydroxylation is 2. The third-order valence-electron chi connectivity index (χ3n) is 5.91. The first-order chi connectivity index (χ1) is 16.3. The van der Waals surface area contributed by atoms with Crippen molar-refractivity contribution in [2.75, 3.05) is 6.54 Å². The van der Waals surface area contributed by atoms with Crippen LogP contribution in [0.4, 0.5) is 0 Å². The number of nitrogens with one attached hydrogen (secondary N) is 1. The van der Waals surface area contributed by atoms with Gasteiger partial charge in [-0.2, -0.15) is 0 Å². The molecule has 4 heteroatoms. The number of amides is 2. The van der Waals surface area contributed by atoms with Crippen molar-refractivity contribution in [3.63, 3.8) is 0 Å². The molecule has 4 nitrogen and oxygen atoms in total. The molecule has 2 amide bonds. The van der Waals surface area contributed by atoms with Crippen LogP contribution in [0.5, 0.6) is 0 Å². The van der Waals surface area contributed by atoms with E-state index in [1.165, 1.54) is 0 Å². The molecule has 1 N–H and O–H groups in total. The van der Waals surface area contributed by atoms with Crippen LogP contribution in [0.15, 0.2) is 78.9 Å². The van der Waals surface area contributed by atoms with Gasteiger partial charge in [0.1, 0.15) is 6.04 Å². The van der Waals surface area contributed by atoms with E-state index in [1.54, 1.807) is 4.90 Å². The molecule has 0 fully saturated rings. The average Bonchev–Trinajstić information content (AvgIpc) is 2.83. The molecule has 3 rings (SSSR count). The second-order valence-corrected chi connectivity index (χ2v) is 9.51. The number of nitrogens with zero attached hydrogens (tertiary/aromatic N) is 1. The highest BCUT2D eigenvalue weighted by Crippen LogP contribution is 2.17. The van der Waals surface area contributed by atoms with E-state index in [-0.39, 0.29) is 18.2 Å². The van der Waals surface area contributed by atoms with Gasteiger partial charge >= 0.3 is 0 Å². The van der Waals surface area contributed by atoms with Gasteiger partial charge in [-0.15, -0.1) is 0 Å². The molecule has 1 atom stereocenters. The topological polar surface area (TPSA) is 49.4 Å². The first kappa shape index (κ1) is 25.2. The van der Waals surface area contributed by atoms with E-state index in [0.29, 0.717) is 25.4 Å². The smallest absolute Gasteiger partial charge is 0.243 e. The van der Waals surface area contributed by atoms with E-state index in [4.69, 9.17) is 0 Å². The number of hydrogen-bond acceptors (Lipinski definition) is 2. The van der Waals surface area contributed by atoms with Gasteiger partial charge in [0.05, 0.1) is 6.42 Å². The molecule has 0 unspecified atom stereocenters. The molecule has 0 bridgehead atoms. The molecule has 178 valence electrons. The molecule has 3 aromatic rings. The van der Waals surface area contributed by atoms with Crippen molar-refractivity contribution in [1.29, 1.82) is 0 Å². The maximum atomic E-state index is 13.7. The molecule has 0 aliphatic heterocycles. The lowest BCUT2D eigenvalue weighted by Crippen LogP contribution is -2.51. The summed E-state index contributed by atoms with van der Waals surface area (Å²) < 4.78 is 0. The molecular weight excluding hydrogens is 420 g/mol. The van der Waals surface area contributed by atoms with Gasteiger partial charge in [-0.25, -0.2) is 0 Å². The summed E-state index contributed by atoms with van der Waals surface area (Å²) in [6.07, 6.45) is 0.727. The standard InChI is InChI=1S/C30H36N2O2/c1-22(2)20-31-30(34)28(18-25-8-6-5-7-9-25)32(21-27-16-12-24(4)13-17-27)29(33)19-26-14-10-23(3)11-15-26/h5-17,22,28H,18-21H2,1-4H3,(H,31,34)/t28-/m1/s1. The van der Waals surface area contributed by atoms with Crippen LogP contribution in [0.1, 0.15) is 41.7 Å². The Morgan fingerprint density at radius 2 is 1.32 bits per heavy atom. The zero-order chi connectivity index (χ0) is 24.5. The quantitative estimate of drug-likeness (QED) is 0.452. The lowest BCUT2D eigenvalue weighted by molar-refractivity contribution is -0.140. The van der Waals surface area contributed by atoms with Crippen LogP contribution in [0.2, 0.25) is 0 Å². The third-order valence-corrected chi connectivity index (χ3v) is 5.91. The molecular formula is C30H36N2O2. The van der Waals surface area contributed by atoms with E-state index < -0.39 is 6.04 Å². The normalized spacial score (nSPS) is 11.8. The molecule has 0 radical (unpaired) electrons. The first-order valence-electron chi connectivity index (χ1n) is 12.0. The summed E-state index contributed by atoms with van der Waals surface area (Å²) in [5.41, 5.74) is 5.31. The Balaban J connectivity index is 1.93. The van der Waals surface area contributed by atoms with Crippen molar-refractivity contribution in [2.24, 2.45) is 5.92 Å². The molecule has 0 saturated carbocycles. The number of carbonyl (C=O) groups is 2. The summed E-state index contributed by atoms with van der Waals surface area (Å²) in [6.45, 7) is 9.18. The van der Waals surface area contributed by atoms with Crippen LogP contribution in [0.3, 0.4) is 0 Å². The minimum atomic E-state index is -0.597. The molecule has 0 aliphatic carbocycles. The summed E-state index contributed by atoms with van der Waals surface area (Å²) in [5, 5.41) is 3.07. The zero-order valence-electron chi connectivity index (χ0n) is 20.8. The van der Waals surface area contributed by atoms with Crippen molar-refractivity contribution >= 4 is 11.8 Å². The van der Waals surface area contributed by atoms with Crippen LogP contribution >= 0.6 is 0 Å². The SMILES string of the molecule is Cc1ccc(CC(=O)N(Cc2ccc(C)cc2)[C@H](Cc2ccccc2)C(=O)NCC(C)C)cc1. The largest absolute Gasteiger partial charge is 0.354 e.